The molecule has 1 unspecified atom stereocenters. The summed E-state index contributed by atoms with van der Waals surface area (Å²) in [6, 6.07) is 7.37. The predicted molar refractivity (Wildman–Crippen MR) is 64.7 cm³/mol. The molecule has 0 aliphatic carbocycles. The van der Waals surface area contributed by atoms with E-state index in [0.29, 0.717) is 6.54 Å². The van der Waals surface area contributed by atoms with Gasteiger partial charge in [0.15, 0.2) is 5.78 Å². The molecule has 0 radical (unpaired) electrons. The molecule has 1 rings (SSSR count). The number of ketones is 1. The number of aryl methyl sites for hydroxylation is 1. The second kappa shape index (κ2) is 5.77. The molecule has 0 saturated heterocycles. The van der Waals surface area contributed by atoms with E-state index in [-0.39, 0.29) is 18.4 Å². The van der Waals surface area contributed by atoms with E-state index in [9.17, 15) is 4.79 Å². The van der Waals surface area contributed by atoms with Crippen molar-refractivity contribution in [3.8, 4) is 0 Å². The molecule has 0 aromatic heterocycles. The van der Waals surface area contributed by atoms with E-state index in [1.807, 2.05) is 50.1 Å². The van der Waals surface area contributed by atoms with Crippen molar-refractivity contribution >= 4 is 5.78 Å². The Morgan fingerprint density at radius 2 is 1.94 bits per heavy atom. The molecule has 0 aliphatic rings. The molecule has 0 aliphatic heterocycles. The van der Waals surface area contributed by atoms with Gasteiger partial charge in [-0.2, -0.15) is 0 Å². The minimum Gasteiger partial charge on any atom is -0.395 e. The van der Waals surface area contributed by atoms with Crippen LogP contribution in [0, 0.1) is 6.92 Å². The fourth-order valence-corrected chi connectivity index (χ4v) is 1.51. The van der Waals surface area contributed by atoms with Gasteiger partial charge in [0.25, 0.3) is 0 Å². The summed E-state index contributed by atoms with van der Waals surface area (Å²) in [7, 11) is 1.84. The molecule has 1 aromatic carbocycles. The number of rotatable bonds is 5. The molecule has 0 saturated carbocycles. The lowest BCUT2D eigenvalue weighted by atomic mass is 10.0. The molecular formula is C13H19NO2. The molecule has 0 heterocycles. The first-order valence-corrected chi connectivity index (χ1v) is 5.48. The van der Waals surface area contributed by atoms with Crippen molar-refractivity contribution in [1.82, 2.24) is 4.90 Å². The van der Waals surface area contributed by atoms with Gasteiger partial charge in [-0.25, -0.2) is 0 Å². The van der Waals surface area contributed by atoms with Crippen LogP contribution in [0.1, 0.15) is 22.8 Å². The monoisotopic (exact) mass is 221 g/mol. The first-order chi connectivity index (χ1) is 7.56. The summed E-state index contributed by atoms with van der Waals surface area (Å²) in [5.74, 6) is 0.0935. The SMILES string of the molecule is Cc1ccc(C(=O)C(C)N(C)CCO)cc1. The van der Waals surface area contributed by atoms with Crippen molar-refractivity contribution in [2.75, 3.05) is 20.2 Å². The largest absolute Gasteiger partial charge is 0.395 e. The maximum atomic E-state index is 12.0. The van der Waals surface area contributed by atoms with Gasteiger partial charge >= 0.3 is 0 Å². The Bertz CT molecular complexity index is 345. The summed E-state index contributed by atoms with van der Waals surface area (Å²) < 4.78 is 0. The Kier molecular flexibility index (Phi) is 4.65. The van der Waals surface area contributed by atoms with Crippen LogP contribution in [-0.2, 0) is 0 Å². The quantitative estimate of drug-likeness (QED) is 0.766. The summed E-state index contributed by atoms with van der Waals surface area (Å²) in [6.07, 6.45) is 0. The van der Waals surface area contributed by atoms with Crippen molar-refractivity contribution in [1.29, 1.82) is 0 Å². The molecule has 1 aromatic rings. The fraction of sp³-hybridized carbons (Fsp3) is 0.462. The summed E-state index contributed by atoms with van der Waals surface area (Å²) in [5, 5.41) is 8.82. The maximum absolute atomic E-state index is 12.0. The van der Waals surface area contributed by atoms with Crippen molar-refractivity contribution in [3.63, 3.8) is 0 Å². The molecule has 1 N–H and O–H groups in total. The van der Waals surface area contributed by atoms with E-state index in [4.69, 9.17) is 5.11 Å². The number of aliphatic hydroxyl groups excluding tert-OH is 1. The lowest BCUT2D eigenvalue weighted by molar-refractivity contribution is 0.0848. The predicted octanol–water partition coefficient (Wildman–Crippen LogP) is 1.49. The van der Waals surface area contributed by atoms with Crippen LogP contribution >= 0.6 is 0 Å². The van der Waals surface area contributed by atoms with Gasteiger partial charge in [0.05, 0.1) is 12.6 Å². The molecule has 88 valence electrons. The average molecular weight is 221 g/mol. The highest BCUT2D eigenvalue weighted by Crippen LogP contribution is 2.09. The number of carbonyl (C=O) groups excluding carboxylic acids is 1. The van der Waals surface area contributed by atoms with Crippen LogP contribution < -0.4 is 0 Å². The van der Waals surface area contributed by atoms with Gasteiger partial charge in [0.1, 0.15) is 0 Å². The van der Waals surface area contributed by atoms with Crippen LogP contribution in [0.15, 0.2) is 24.3 Å². The standard InChI is InChI=1S/C13H19NO2/c1-10-4-6-12(7-5-10)13(16)11(2)14(3)8-9-15/h4-7,11,15H,8-9H2,1-3H3. The van der Waals surface area contributed by atoms with E-state index in [1.165, 1.54) is 0 Å². The lowest BCUT2D eigenvalue weighted by Crippen LogP contribution is -2.37. The average Bonchev–Trinajstić information content (AvgIpc) is 2.28. The highest BCUT2D eigenvalue weighted by Gasteiger charge is 2.18. The van der Waals surface area contributed by atoms with Crippen molar-refractivity contribution in [2.45, 2.75) is 19.9 Å². The number of benzene rings is 1. The minimum atomic E-state index is -0.199. The van der Waals surface area contributed by atoms with Crippen molar-refractivity contribution in [3.05, 3.63) is 35.4 Å². The number of carbonyl (C=O) groups is 1. The van der Waals surface area contributed by atoms with Gasteiger partial charge in [-0.15, -0.1) is 0 Å². The second-order valence-electron chi connectivity index (χ2n) is 4.11. The summed E-state index contributed by atoms with van der Waals surface area (Å²) in [4.78, 5) is 13.9. The number of hydrogen-bond donors (Lipinski definition) is 1. The van der Waals surface area contributed by atoms with Gasteiger partial charge in [-0.1, -0.05) is 29.8 Å². The van der Waals surface area contributed by atoms with Gasteiger partial charge in [-0.3, -0.25) is 9.69 Å². The van der Waals surface area contributed by atoms with E-state index in [1.54, 1.807) is 0 Å². The lowest BCUT2D eigenvalue weighted by Gasteiger charge is -2.22. The van der Waals surface area contributed by atoms with Gasteiger partial charge < -0.3 is 5.11 Å². The molecule has 0 fully saturated rings. The van der Waals surface area contributed by atoms with Gasteiger partial charge in [0.2, 0.25) is 0 Å². The maximum Gasteiger partial charge on any atom is 0.179 e. The first-order valence-electron chi connectivity index (χ1n) is 5.48. The molecule has 0 amide bonds. The molecule has 3 nitrogen and oxygen atoms in total. The number of aliphatic hydroxyl groups is 1. The molecule has 0 spiro atoms. The third kappa shape index (κ3) is 3.15. The Hall–Kier alpha value is -1.19. The topological polar surface area (TPSA) is 40.5 Å². The normalized spacial score (nSPS) is 12.8. The number of hydrogen-bond acceptors (Lipinski definition) is 3. The van der Waals surface area contributed by atoms with Crippen LogP contribution in [0.3, 0.4) is 0 Å². The number of nitrogens with zero attached hydrogens (tertiary/aromatic N) is 1. The Balaban J connectivity index is 2.73. The highest BCUT2D eigenvalue weighted by atomic mass is 16.3. The minimum absolute atomic E-state index is 0.0714. The first kappa shape index (κ1) is 12.9. The van der Waals surface area contributed by atoms with Crippen molar-refractivity contribution in [2.24, 2.45) is 0 Å². The van der Waals surface area contributed by atoms with Gasteiger partial charge in [0, 0.05) is 12.1 Å². The van der Waals surface area contributed by atoms with E-state index in [2.05, 4.69) is 0 Å². The molecular weight excluding hydrogens is 202 g/mol. The fourth-order valence-electron chi connectivity index (χ4n) is 1.51. The zero-order chi connectivity index (χ0) is 12.1. The van der Waals surface area contributed by atoms with Gasteiger partial charge in [-0.05, 0) is 20.9 Å². The Morgan fingerprint density at radius 1 is 1.38 bits per heavy atom. The summed E-state index contributed by atoms with van der Waals surface area (Å²) in [6.45, 7) is 4.44. The number of Topliss-reactive ketones (excluding diaryl/α,β-unsaturated/α-hetero) is 1. The smallest absolute Gasteiger partial charge is 0.179 e. The van der Waals surface area contributed by atoms with Crippen LogP contribution in [-0.4, -0.2) is 42.0 Å². The zero-order valence-electron chi connectivity index (χ0n) is 10.1. The van der Waals surface area contributed by atoms with Crippen LogP contribution in [0.5, 0.6) is 0 Å². The van der Waals surface area contributed by atoms with Crippen molar-refractivity contribution < 1.29 is 9.90 Å². The third-order valence-electron chi connectivity index (χ3n) is 2.83. The molecule has 3 heteroatoms. The number of likely N-dealkylation sites (N-methyl/N-ethyl adjacent to an activating group) is 1. The zero-order valence-corrected chi connectivity index (χ0v) is 10.1. The molecule has 1 atom stereocenters. The highest BCUT2D eigenvalue weighted by molar-refractivity contribution is 5.99. The van der Waals surface area contributed by atoms with Crippen LogP contribution in [0.25, 0.3) is 0 Å². The second-order valence-corrected chi connectivity index (χ2v) is 4.11. The Labute approximate surface area is 96.7 Å². The van der Waals surface area contributed by atoms with Crippen LogP contribution in [0.2, 0.25) is 0 Å². The van der Waals surface area contributed by atoms with E-state index in [0.717, 1.165) is 11.1 Å². The molecule has 0 bridgehead atoms. The summed E-state index contributed by atoms with van der Waals surface area (Å²) >= 11 is 0. The van der Waals surface area contributed by atoms with Crippen LogP contribution in [0.4, 0.5) is 0 Å². The van der Waals surface area contributed by atoms with E-state index < -0.39 is 0 Å². The summed E-state index contributed by atoms with van der Waals surface area (Å²) in [5.41, 5.74) is 1.87. The van der Waals surface area contributed by atoms with E-state index >= 15 is 0 Å². The molecule has 16 heavy (non-hydrogen) atoms. The Morgan fingerprint density at radius 3 is 2.44 bits per heavy atom. The third-order valence-corrected chi connectivity index (χ3v) is 2.83.